The monoisotopic (exact) mass is 286 g/mol. The van der Waals surface area contributed by atoms with Gasteiger partial charge in [0.1, 0.15) is 17.7 Å². The maximum atomic E-state index is 13.2. The molecule has 0 N–H and O–H groups in total. The number of Topliss-reactive ketones (excluding diaryl/α,β-unsaturated/α-hetero) is 1. The van der Waals surface area contributed by atoms with Crippen LogP contribution >= 0.6 is 0 Å². The first-order valence-corrected chi connectivity index (χ1v) is 6.74. The van der Waals surface area contributed by atoms with Gasteiger partial charge in [-0.1, -0.05) is 18.2 Å². The van der Waals surface area contributed by atoms with Crippen LogP contribution in [0.1, 0.15) is 34.0 Å². The molecule has 1 heterocycles. The van der Waals surface area contributed by atoms with Gasteiger partial charge in [-0.25, -0.2) is 4.39 Å². The number of ether oxygens (including phenoxy) is 2. The number of hydrogen-bond acceptors (Lipinski definition) is 3. The largest absolute Gasteiger partial charge is 0.484 e. The molecule has 0 bridgehead atoms. The van der Waals surface area contributed by atoms with Gasteiger partial charge < -0.3 is 9.47 Å². The molecule has 0 amide bonds. The average molecular weight is 286 g/mol. The van der Waals surface area contributed by atoms with Crippen LogP contribution in [0, 0.1) is 5.82 Å². The Labute approximate surface area is 122 Å². The highest BCUT2D eigenvalue weighted by Gasteiger charge is 2.28. The molecule has 0 aliphatic carbocycles. The Kier molecular flexibility index (Phi) is 3.71. The Morgan fingerprint density at radius 2 is 2.14 bits per heavy atom. The number of rotatable bonds is 3. The summed E-state index contributed by atoms with van der Waals surface area (Å²) < 4.78 is 24.2. The van der Waals surface area contributed by atoms with Gasteiger partial charge >= 0.3 is 0 Å². The van der Waals surface area contributed by atoms with E-state index in [1.165, 1.54) is 18.2 Å². The molecule has 4 heteroatoms. The molecule has 0 saturated heterocycles. The van der Waals surface area contributed by atoms with Crippen LogP contribution in [0.4, 0.5) is 4.39 Å². The summed E-state index contributed by atoms with van der Waals surface area (Å²) in [4.78, 5) is 12.2. The number of methoxy groups -OCH3 is 1. The first kappa shape index (κ1) is 13.8. The molecular formula is C17H15FO3. The predicted octanol–water partition coefficient (Wildman–Crippen LogP) is 3.68. The summed E-state index contributed by atoms with van der Waals surface area (Å²) in [5, 5.41) is 0. The molecule has 0 aromatic heterocycles. The van der Waals surface area contributed by atoms with Gasteiger partial charge in [0.25, 0.3) is 0 Å². The number of carbonyl (C=O) groups is 1. The van der Waals surface area contributed by atoms with Gasteiger partial charge in [0, 0.05) is 7.11 Å². The SMILES string of the molecule is COCc1cccc(C2CC(=O)c3cc(F)ccc3O2)c1. The lowest BCUT2D eigenvalue weighted by Gasteiger charge is -2.25. The Bertz CT molecular complexity index is 681. The minimum absolute atomic E-state index is 0.0992. The van der Waals surface area contributed by atoms with Crippen molar-refractivity contribution in [1.82, 2.24) is 0 Å². The van der Waals surface area contributed by atoms with Crippen LogP contribution in [0.25, 0.3) is 0 Å². The van der Waals surface area contributed by atoms with Crippen molar-refractivity contribution in [3.63, 3.8) is 0 Å². The Morgan fingerprint density at radius 1 is 1.29 bits per heavy atom. The Morgan fingerprint density at radius 3 is 2.95 bits per heavy atom. The molecule has 0 saturated carbocycles. The predicted molar refractivity (Wildman–Crippen MR) is 75.9 cm³/mol. The minimum Gasteiger partial charge on any atom is -0.484 e. The maximum Gasteiger partial charge on any atom is 0.170 e. The highest BCUT2D eigenvalue weighted by Crippen LogP contribution is 2.35. The van der Waals surface area contributed by atoms with Gasteiger partial charge in [-0.15, -0.1) is 0 Å². The lowest BCUT2D eigenvalue weighted by molar-refractivity contribution is 0.0849. The van der Waals surface area contributed by atoms with E-state index in [-0.39, 0.29) is 18.3 Å². The number of fused-ring (bicyclic) bond motifs is 1. The summed E-state index contributed by atoms with van der Waals surface area (Å²) in [6.45, 7) is 0.510. The highest BCUT2D eigenvalue weighted by atomic mass is 19.1. The fraction of sp³-hybridized carbons (Fsp3) is 0.235. The molecule has 2 aromatic carbocycles. The second-order valence-corrected chi connectivity index (χ2v) is 5.05. The van der Waals surface area contributed by atoms with E-state index in [0.717, 1.165) is 11.1 Å². The van der Waals surface area contributed by atoms with E-state index in [0.29, 0.717) is 17.9 Å². The molecule has 0 spiro atoms. The van der Waals surface area contributed by atoms with E-state index >= 15 is 0 Å². The summed E-state index contributed by atoms with van der Waals surface area (Å²) >= 11 is 0. The average Bonchev–Trinajstić information content (AvgIpc) is 2.48. The van der Waals surface area contributed by atoms with Crippen LogP contribution in [0.3, 0.4) is 0 Å². The molecule has 1 atom stereocenters. The lowest BCUT2D eigenvalue weighted by atomic mass is 9.95. The van der Waals surface area contributed by atoms with Crippen molar-refractivity contribution in [3.05, 3.63) is 65.0 Å². The zero-order chi connectivity index (χ0) is 14.8. The van der Waals surface area contributed by atoms with Gasteiger partial charge in [0.15, 0.2) is 5.78 Å². The molecule has 1 aliphatic rings. The van der Waals surface area contributed by atoms with Crippen molar-refractivity contribution >= 4 is 5.78 Å². The highest BCUT2D eigenvalue weighted by molar-refractivity contribution is 6.00. The molecule has 2 aromatic rings. The summed E-state index contributed by atoms with van der Waals surface area (Å²) in [7, 11) is 1.64. The van der Waals surface area contributed by atoms with E-state index in [9.17, 15) is 9.18 Å². The summed E-state index contributed by atoms with van der Waals surface area (Å²) in [6, 6.07) is 11.8. The van der Waals surface area contributed by atoms with Crippen molar-refractivity contribution in [2.45, 2.75) is 19.1 Å². The van der Waals surface area contributed by atoms with Gasteiger partial charge in [0.2, 0.25) is 0 Å². The van der Waals surface area contributed by atoms with Crippen LogP contribution in [0.15, 0.2) is 42.5 Å². The van der Waals surface area contributed by atoms with E-state index in [2.05, 4.69) is 0 Å². The van der Waals surface area contributed by atoms with Crippen molar-refractivity contribution in [2.75, 3.05) is 7.11 Å². The second kappa shape index (κ2) is 5.66. The third kappa shape index (κ3) is 2.81. The van der Waals surface area contributed by atoms with Crippen LogP contribution in [-0.4, -0.2) is 12.9 Å². The quantitative estimate of drug-likeness (QED) is 0.863. The maximum absolute atomic E-state index is 13.2. The number of benzene rings is 2. The molecular weight excluding hydrogens is 271 g/mol. The standard InChI is InChI=1S/C17H15FO3/c1-20-10-11-3-2-4-12(7-11)17-9-15(19)14-8-13(18)5-6-16(14)21-17/h2-8,17H,9-10H2,1H3. The first-order chi connectivity index (χ1) is 10.2. The van der Waals surface area contributed by atoms with E-state index < -0.39 is 5.82 Å². The summed E-state index contributed by atoms with van der Waals surface area (Å²) in [5.74, 6) is -0.0843. The van der Waals surface area contributed by atoms with Crippen LogP contribution in [-0.2, 0) is 11.3 Å². The van der Waals surface area contributed by atoms with Gasteiger partial charge in [-0.3, -0.25) is 4.79 Å². The number of hydrogen-bond donors (Lipinski definition) is 0. The first-order valence-electron chi connectivity index (χ1n) is 6.74. The normalized spacial score (nSPS) is 17.2. The Hall–Kier alpha value is -2.20. The summed E-state index contributed by atoms with van der Waals surface area (Å²) in [6.07, 6.45) is -0.125. The fourth-order valence-corrected chi connectivity index (χ4v) is 2.53. The van der Waals surface area contributed by atoms with Gasteiger partial charge in [0.05, 0.1) is 18.6 Å². The molecule has 1 unspecified atom stereocenters. The molecule has 1 aliphatic heterocycles. The van der Waals surface area contributed by atoms with E-state index in [4.69, 9.17) is 9.47 Å². The second-order valence-electron chi connectivity index (χ2n) is 5.05. The molecule has 21 heavy (non-hydrogen) atoms. The van der Waals surface area contributed by atoms with Crippen molar-refractivity contribution in [3.8, 4) is 5.75 Å². The van der Waals surface area contributed by atoms with E-state index in [1.807, 2.05) is 24.3 Å². The Balaban J connectivity index is 1.90. The van der Waals surface area contributed by atoms with Crippen LogP contribution in [0.5, 0.6) is 5.75 Å². The number of halogens is 1. The summed E-state index contributed by atoms with van der Waals surface area (Å²) in [5.41, 5.74) is 2.27. The van der Waals surface area contributed by atoms with Crippen LogP contribution < -0.4 is 4.74 Å². The molecule has 0 radical (unpaired) electrons. The van der Waals surface area contributed by atoms with E-state index in [1.54, 1.807) is 7.11 Å². The van der Waals surface area contributed by atoms with Crippen molar-refractivity contribution < 1.29 is 18.7 Å². The zero-order valence-corrected chi connectivity index (χ0v) is 11.6. The zero-order valence-electron chi connectivity index (χ0n) is 11.6. The van der Waals surface area contributed by atoms with Crippen LogP contribution in [0.2, 0.25) is 0 Å². The van der Waals surface area contributed by atoms with Gasteiger partial charge in [-0.2, -0.15) is 0 Å². The number of carbonyl (C=O) groups excluding carboxylic acids is 1. The minimum atomic E-state index is -0.425. The van der Waals surface area contributed by atoms with Gasteiger partial charge in [-0.05, 0) is 35.4 Å². The topological polar surface area (TPSA) is 35.5 Å². The third-order valence-corrected chi connectivity index (χ3v) is 3.52. The third-order valence-electron chi connectivity index (χ3n) is 3.52. The molecule has 3 rings (SSSR count). The fourth-order valence-electron chi connectivity index (χ4n) is 2.53. The smallest absolute Gasteiger partial charge is 0.170 e. The van der Waals surface area contributed by atoms with Crippen molar-refractivity contribution in [1.29, 1.82) is 0 Å². The van der Waals surface area contributed by atoms with Crippen molar-refractivity contribution in [2.24, 2.45) is 0 Å². The number of ketones is 1. The molecule has 108 valence electrons. The lowest BCUT2D eigenvalue weighted by Crippen LogP contribution is -2.20. The molecule has 3 nitrogen and oxygen atoms in total. The molecule has 0 fully saturated rings.